The molecule has 0 unspecified atom stereocenters. The molecule has 0 aliphatic carbocycles. The first-order chi connectivity index (χ1) is 8.16. The molecule has 0 spiro atoms. The highest BCUT2D eigenvalue weighted by Crippen LogP contribution is 2.15. The molecule has 0 saturated heterocycles. The molecule has 17 heavy (non-hydrogen) atoms. The van der Waals surface area contributed by atoms with E-state index in [-0.39, 0.29) is 6.42 Å². The number of rotatable bonds is 12. The zero-order valence-corrected chi connectivity index (χ0v) is 11.3. The van der Waals surface area contributed by atoms with Crippen molar-refractivity contribution in [2.45, 2.75) is 77.6 Å². The molecule has 0 aliphatic heterocycles. The highest BCUT2D eigenvalue weighted by atomic mass is 16.4. The van der Waals surface area contributed by atoms with Gasteiger partial charge in [0.05, 0.1) is 0 Å². The van der Waals surface area contributed by atoms with Gasteiger partial charge in [0.15, 0.2) is 0 Å². The SMILES string of the molecule is C=C(CCCCCCCCC)CCCC(=O)O. The molecule has 0 amide bonds. The first kappa shape index (κ1) is 16.2. The van der Waals surface area contributed by atoms with Crippen molar-refractivity contribution in [2.24, 2.45) is 0 Å². The fraction of sp³-hybridized carbons (Fsp3) is 0.800. The second-order valence-electron chi connectivity index (χ2n) is 4.87. The van der Waals surface area contributed by atoms with E-state index >= 15 is 0 Å². The molecule has 0 aromatic rings. The highest BCUT2D eigenvalue weighted by Gasteiger charge is 1.99. The zero-order valence-electron chi connectivity index (χ0n) is 11.3. The summed E-state index contributed by atoms with van der Waals surface area (Å²) in [6.07, 6.45) is 12.2. The highest BCUT2D eigenvalue weighted by molar-refractivity contribution is 5.66. The Morgan fingerprint density at radius 3 is 2.00 bits per heavy atom. The normalized spacial score (nSPS) is 10.4. The van der Waals surface area contributed by atoms with Crippen LogP contribution in [0.1, 0.15) is 77.6 Å². The number of carboxylic acids is 1. The molecule has 0 saturated carbocycles. The number of hydrogen-bond acceptors (Lipinski definition) is 1. The molecule has 2 nitrogen and oxygen atoms in total. The quantitative estimate of drug-likeness (QED) is 0.387. The molecule has 0 fully saturated rings. The number of aliphatic carboxylic acids is 1. The van der Waals surface area contributed by atoms with Crippen LogP contribution in [0.25, 0.3) is 0 Å². The van der Waals surface area contributed by atoms with Crippen molar-refractivity contribution in [2.75, 3.05) is 0 Å². The molecular formula is C15H28O2. The van der Waals surface area contributed by atoms with E-state index in [2.05, 4.69) is 13.5 Å². The van der Waals surface area contributed by atoms with Crippen LogP contribution in [0.15, 0.2) is 12.2 Å². The average molecular weight is 240 g/mol. The van der Waals surface area contributed by atoms with Gasteiger partial charge in [-0.05, 0) is 25.7 Å². The van der Waals surface area contributed by atoms with Gasteiger partial charge >= 0.3 is 5.97 Å². The van der Waals surface area contributed by atoms with Gasteiger partial charge in [0.1, 0.15) is 0 Å². The molecule has 1 N–H and O–H groups in total. The monoisotopic (exact) mass is 240 g/mol. The Balaban J connectivity index is 3.19. The molecule has 0 rings (SSSR count). The van der Waals surface area contributed by atoms with Crippen LogP contribution in [0.5, 0.6) is 0 Å². The molecule has 0 heterocycles. The Labute approximate surface area is 106 Å². The lowest BCUT2D eigenvalue weighted by Gasteiger charge is -2.04. The largest absolute Gasteiger partial charge is 0.481 e. The Bertz CT molecular complexity index is 209. The maximum Gasteiger partial charge on any atom is 0.303 e. The van der Waals surface area contributed by atoms with Crippen molar-refractivity contribution in [3.05, 3.63) is 12.2 Å². The fourth-order valence-corrected chi connectivity index (χ4v) is 1.95. The van der Waals surface area contributed by atoms with Gasteiger partial charge in [-0.3, -0.25) is 4.79 Å². The first-order valence-corrected chi connectivity index (χ1v) is 7.05. The van der Waals surface area contributed by atoms with E-state index < -0.39 is 5.97 Å². The van der Waals surface area contributed by atoms with E-state index in [1.165, 1.54) is 50.5 Å². The van der Waals surface area contributed by atoms with E-state index in [4.69, 9.17) is 5.11 Å². The lowest BCUT2D eigenvalue weighted by molar-refractivity contribution is -0.137. The summed E-state index contributed by atoms with van der Waals surface area (Å²) in [5.74, 6) is -0.700. The van der Waals surface area contributed by atoms with Crippen molar-refractivity contribution < 1.29 is 9.90 Å². The van der Waals surface area contributed by atoms with E-state index in [9.17, 15) is 4.79 Å². The van der Waals surface area contributed by atoms with Crippen molar-refractivity contribution in [1.29, 1.82) is 0 Å². The Morgan fingerprint density at radius 1 is 0.882 bits per heavy atom. The third-order valence-electron chi connectivity index (χ3n) is 3.05. The van der Waals surface area contributed by atoms with Crippen LogP contribution in [0, 0.1) is 0 Å². The molecule has 2 heteroatoms. The number of carboxylic acid groups (broad SMARTS) is 1. The van der Waals surface area contributed by atoms with Gasteiger partial charge in [-0.1, -0.05) is 57.6 Å². The molecule has 100 valence electrons. The minimum Gasteiger partial charge on any atom is -0.481 e. The Kier molecular flexibility index (Phi) is 11.1. The summed E-state index contributed by atoms with van der Waals surface area (Å²) >= 11 is 0. The third kappa shape index (κ3) is 13.1. The molecule has 0 aromatic carbocycles. The van der Waals surface area contributed by atoms with Gasteiger partial charge in [0.25, 0.3) is 0 Å². The third-order valence-corrected chi connectivity index (χ3v) is 3.05. The molecule has 0 aliphatic rings. The van der Waals surface area contributed by atoms with Crippen LogP contribution in [-0.4, -0.2) is 11.1 Å². The van der Waals surface area contributed by atoms with Gasteiger partial charge in [-0.15, -0.1) is 0 Å². The predicted molar refractivity (Wildman–Crippen MR) is 73.2 cm³/mol. The summed E-state index contributed by atoms with van der Waals surface area (Å²) in [6, 6.07) is 0. The van der Waals surface area contributed by atoms with E-state index in [1.54, 1.807) is 0 Å². The van der Waals surface area contributed by atoms with Crippen LogP contribution in [-0.2, 0) is 4.79 Å². The summed E-state index contributed by atoms with van der Waals surface area (Å²) in [5.41, 5.74) is 1.22. The maximum absolute atomic E-state index is 10.3. The summed E-state index contributed by atoms with van der Waals surface area (Å²) in [4.78, 5) is 10.3. The van der Waals surface area contributed by atoms with Crippen LogP contribution in [0.4, 0.5) is 0 Å². The molecule has 0 radical (unpaired) electrons. The second kappa shape index (κ2) is 11.7. The lowest BCUT2D eigenvalue weighted by atomic mass is 10.0. The topological polar surface area (TPSA) is 37.3 Å². The van der Waals surface area contributed by atoms with Crippen LogP contribution < -0.4 is 0 Å². The number of allylic oxidation sites excluding steroid dienone is 1. The maximum atomic E-state index is 10.3. The van der Waals surface area contributed by atoms with E-state index in [0.29, 0.717) is 0 Å². The van der Waals surface area contributed by atoms with Crippen molar-refractivity contribution in [1.82, 2.24) is 0 Å². The van der Waals surface area contributed by atoms with Crippen LogP contribution in [0.3, 0.4) is 0 Å². The van der Waals surface area contributed by atoms with Gasteiger partial charge in [-0.2, -0.15) is 0 Å². The second-order valence-corrected chi connectivity index (χ2v) is 4.87. The fourth-order valence-electron chi connectivity index (χ4n) is 1.95. The van der Waals surface area contributed by atoms with Gasteiger partial charge in [-0.25, -0.2) is 0 Å². The summed E-state index contributed by atoms with van der Waals surface area (Å²) in [7, 11) is 0. The standard InChI is InChI=1S/C15H28O2/c1-3-4-5-6-7-8-9-11-14(2)12-10-13-15(16)17/h2-13H2,1H3,(H,16,17). The number of unbranched alkanes of at least 4 members (excludes halogenated alkanes) is 6. The van der Waals surface area contributed by atoms with Crippen LogP contribution in [0.2, 0.25) is 0 Å². The Morgan fingerprint density at radius 2 is 1.41 bits per heavy atom. The van der Waals surface area contributed by atoms with Gasteiger partial charge in [0, 0.05) is 6.42 Å². The van der Waals surface area contributed by atoms with Crippen molar-refractivity contribution in [3.63, 3.8) is 0 Å². The van der Waals surface area contributed by atoms with Gasteiger partial charge in [0.2, 0.25) is 0 Å². The van der Waals surface area contributed by atoms with E-state index in [1.807, 2.05) is 0 Å². The zero-order chi connectivity index (χ0) is 12.9. The summed E-state index contributed by atoms with van der Waals surface area (Å²) < 4.78 is 0. The molecule has 0 atom stereocenters. The summed E-state index contributed by atoms with van der Waals surface area (Å²) in [6.45, 7) is 6.24. The smallest absolute Gasteiger partial charge is 0.303 e. The van der Waals surface area contributed by atoms with E-state index in [0.717, 1.165) is 19.3 Å². The average Bonchev–Trinajstić information content (AvgIpc) is 2.27. The van der Waals surface area contributed by atoms with Crippen molar-refractivity contribution >= 4 is 5.97 Å². The summed E-state index contributed by atoms with van der Waals surface area (Å²) in [5, 5.41) is 8.51. The number of hydrogen-bond donors (Lipinski definition) is 1. The number of carbonyl (C=O) groups is 1. The Hall–Kier alpha value is -0.790. The first-order valence-electron chi connectivity index (χ1n) is 7.05. The van der Waals surface area contributed by atoms with Gasteiger partial charge < -0.3 is 5.11 Å². The predicted octanol–water partition coefficient (Wildman–Crippen LogP) is 4.94. The lowest BCUT2D eigenvalue weighted by Crippen LogP contribution is -1.94. The molecule has 0 bridgehead atoms. The molecule has 0 aromatic heterocycles. The van der Waals surface area contributed by atoms with Crippen LogP contribution >= 0.6 is 0 Å². The minimum absolute atomic E-state index is 0.274. The van der Waals surface area contributed by atoms with Crippen molar-refractivity contribution in [3.8, 4) is 0 Å². The molecular weight excluding hydrogens is 212 g/mol. The minimum atomic E-state index is -0.700.